The van der Waals surface area contributed by atoms with Crippen LogP contribution in [0.2, 0.25) is 5.02 Å². The van der Waals surface area contributed by atoms with Crippen LogP contribution in [0.5, 0.6) is 5.75 Å². The maximum absolute atomic E-state index is 5.94. The minimum atomic E-state index is 0.573. The van der Waals surface area contributed by atoms with Gasteiger partial charge in [0.25, 0.3) is 0 Å². The molecule has 0 saturated heterocycles. The summed E-state index contributed by atoms with van der Waals surface area (Å²) in [7, 11) is 1.66. The molecule has 0 fully saturated rings. The van der Waals surface area contributed by atoms with Gasteiger partial charge in [-0.05, 0) is 43.3 Å². The van der Waals surface area contributed by atoms with E-state index in [1.807, 2.05) is 48.5 Å². The number of aromatic nitrogens is 4. The second-order valence-electron chi connectivity index (χ2n) is 6.19. The van der Waals surface area contributed by atoms with Gasteiger partial charge in [0.05, 0.1) is 18.4 Å². The normalized spacial score (nSPS) is 11.0. The number of para-hydroxylation sites is 1. The summed E-state index contributed by atoms with van der Waals surface area (Å²) in [4.78, 5) is 4.57. The molecule has 4 aromatic rings. The number of halogens is 1. The maximum atomic E-state index is 5.94. The number of ether oxygens (including phenoxy) is 1. The molecule has 6 nitrogen and oxygen atoms in total. The Labute approximate surface area is 177 Å². The van der Waals surface area contributed by atoms with Gasteiger partial charge in [0.1, 0.15) is 12.0 Å². The molecule has 8 heteroatoms. The molecular weight excluding hydrogens is 408 g/mol. The third-order valence-electron chi connectivity index (χ3n) is 4.37. The van der Waals surface area contributed by atoms with E-state index in [1.54, 1.807) is 25.1 Å². The summed E-state index contributed by atoms with van der Waals surface area (Å²) >= 11 is 7.51. The Kier molecular flexibility index (Phi) is 5.87. The average molecular weight is 427 g/mol. The maximum Gasteiger partial charge on any atom is 0.226 e. The van der Waals surface area contributed by atoms with E-state index in [-0.39, 0.29) is 0 Å². The summed E-state index contributed by atoms with van der Waals surface area (Å²) in [6.45, 7) is 2.82. The molecule has 0 bridgehead atoms. The van der Waals surface area contributed by atoms with Gasteiger partial charge >= 0.3 is 0 Å². The van der Waals surface area contributed by atoms with Crippen LogP contribution in [0.4, 0.5) is 0 Å². The first kappa shape index (κ1) is 19.5. The topological polar surface area (TPSA) is 66.0 Å². The third kappa shape index (κ3) is 4.16. The van der Waals surface area contributed by atoms with E-state index in [9.17, 15) is 0 Å². The molecule has 0 amide bonds. The number of oxazole rings is 1. The number of thioether (sulfide) groups is 1. The van der Waals surface area contributed by atoms with Crippen molar-refractivity contribution in [1.29, 1.82) is 0 Å². The zero-order valence-corrected chi connectivity index (χ0v) is 17.6. The van der Waals surface area contributed by atoms with Gasteiger partial charge in [0.15, 0.2) is 11.0 Å². The summed E-state index contributed by atoms with van der Waals surface area (Å²) < 4.78 is 13.2. The lowest BCUT2D eigenvalue weighted by atomic mass is 10.2. The first-order valence-corrected chi connectivity index (χ1v) is 10.5. The number of nitrogens with zero attached hydrogens (tertiary/aromatic N) is 4. The lowest BCUT2D eigenvalue weighted by Gasteiger charge is -2.10. The summed E-state index contributed by atoms with van der Waals surface area (Å²) in [6.07, 6.45) is 1.67. The highest BCUT2D eigenvalue weighted by Crippen LogP contribution is 2.32. The first-order valence-electron chi connectivity index (χ1n) is 9.09. The zero-order valence-electron chi connectivity index (χ0n) is 16.0. The number of rotatable bonds is 7. The molecule has 4 rings (SSSR count). The van der Waals surface area contributed by atoms with E-state index < -0.39 is 0 Å². The molecule has 0 N–H and O–H groups in total. The highest BCUT2D eigenvalue weighted by atomic mass is 35.5. The van der Waals surface area contributed by atoms with Crippen molar-refractivity contribution < 1.29 is 9.15 Å². The van der Waals surface area contributed by atoms with Crippen LogP contribution in [0.1, 0.15) is 12.6 Å². The van der Waals surface area contributed by atoms with Crippen LogP contribution >= 0.6 is 23.4 Å². The summed E-state index contributed by atoms with van der Waals surface area (Å²) in [5, 5.41) is 10.3. The minimum Gasteiger partial charge on any atom is -0.496 e. The van der Waals surface area contributed by atoms with Gasteiger partial charge in [-0.25, -0.2) is 4.98 Å². The predicted octanol–water partition coefficient (Wildman–Crippen LogP) is 5.57. The molecule has 0 aliphatic heterocycles. The molecule has 0 spiro atoms. The van der Waals surface area contributed by atoms with Gasteiger partial charge in [-0.3, -0.25) is 0 Å². The quantitative estimate of drug-likeness (QED) is 0.360. The Hall–Kier alpha value is -2.77. The standard InChI is InChI=1S/C21H19ClN4O2S/c1-3-26-19(17-6-4-5-7-18(17)27-2)24-25-21(26)29-13-16-12-28-20(23-16)14-8-10-15(22)11-9-14/h4-12H,3,13H2,1-2H3. The molecule has 0 aliphatic carbocycles. The van der Waals surface area contributed by atoms with Crippen LogP contribution in [0.3, 0.4) is 0 Å². The number of hydrogen-bond donors (Lipinski definition) is 0. The summed E-state index contributed by atoms with van der Waals surface area (Å²) in [5.74, 6) is 2.76. The van der Waals surface area contributed by atoms with Gasteiger partial charge in [-0.1, -0.05) is 35.5 Å². The van der Waals surface area contributed by atoms with Crippen molar-refractivity contribution in [3.05, 3.63) is 65.5 Å². The Morgan fingerprint density at radius 1 is 1.10 bits per heavy atom. The lowest BCUT2D eigenvalue weighted by molar-refractivity contribution is 0.416. The number of hydrogen-bond acceptors (Lipinski definition) is 6. The van der Waals surface area contributed by atoms with Gasteiger partial charge in [0.2, 0.25) is 5.89 Å². The number of benzene rings is 2. The molecule has 2 aromatic heterocycles. The second kappa shape index (κ2) is 8.71. The van der Waals surface area contributed by atoms with Crippen molar-refractivity contribution in [1.82, 2.24) is 19.7 Å². The Morgan fingerprint density at radius 2 is 1.90 bits per heavy atom. The Balaban J connectivity index is 1.52. The Morgan fingerprint density at radius 3 is 2.66 bits per heavy atom. The van der Waals surface area contributed by atoms with Gasteiger partial charge in [-0.2, -0.15) is 0 Å². The van der Waals surface area contributed by atoms with Crippen molar-refractivity contribution in [3.8, 4) is 28.6 Å². The van der Waals surface area contributed by atoms with E-state index in [0.29, 0.717) is 16.7 Å². The second-order valence-corrected chi connectivity index (χ2v) is 7.57. The van der Waals surface area contributed by atoms with Crippen LogP contribution in [-0.2, 0) is 12.3 Å². The van der Waals surface area contributed by atoms with Crippen LogP contribution in [-0.4, -0.2) is 26.9 Å². The van der Waals surface area contributed by atoms with Crippen molar-refractivity contribution in [3.63, 3.8) is 0 Å². The smallest absolute Gasteiger partial charge is 0.226 e. The predicted molar refractivity (Wildman–Crippen MR) is 114 cm³/mol. The molecule has 148 valence electrons. The van der Waals surface area contributed by atoms with E-state index in [0.717, 1.165) is 40.1 Å². The SMILES string of the molecule is CCn1c(SCc2coc(-c3ccc(Cl)cc3)n2)nnc1-c1ccccc1OC. The van der Waals surface area contributed by atoms with Crippen molar-refractivity contribution in [2.75, 3.05) is 7.11 Å². The fourth-order valence-electron chi connectivity index (χ4n) is 2.95. The molecule has 0 unspecified atom stereocenters. The van der Waals surface area contributed by atoms with Gasteiger partial charge < -0.3 is 13.7 Å². The summed E-state index contributed by atoms with van der Waals surface area (Å²) in [6, 6.07) is 15.2. The van der Waals surface area contributed by atoms with E-state index in [2.05, 4.69) is 26.7 Å². The highest BCUT2D eigenvalue weighted by molar-refractivity contribution is 7.98. The molecule has 2 aromatic carbocycles. The van der Waals surface area contributed by atoms with E-state index in [1.165, 1.54) is 0 Å². The van der Waals surface area contributed by atoms with Crippen molar-refractivity contribution in [2.45, 2.75) is 24.4 Å². The average Bonchev–Trinajstić information content (AvgIpc) is 3.39. The molecule has 0 saturated carbocycles. The fraction of sp³-hybridized carbons (Fsp3) is 0.190. The van der Waals surface area contributed by atoms with Gasteiger partial charge in [0, 0.05) is 22.9 Å². The molecule has 0 aliphatic rings. The largest absolute Gasteiger partial charge is 0.496 e. The van der Waals surface area contributed by atoms with Crippen molar-refractivity contribution >= 4 is 23.4 Å². The van der Waals surface area contributed by atoms with Crippen LogP contribution < -0.4 is 4.74 Å². The van der Waals surface area contributed by atoms with E-state index >= 15 is 0 Å². The minimum absolute atomic E-state index is 0.573. The lowest BCUT2D eigenvalue weighted by Crippen LogP contribution is -2.01. The van der Waals surface area contributed by atoms with Crippen LogP contribution in [0.15, 0.2) is 64.4 Å². The molecule has 0 atom stereocenters. The zero-order chi connectivity index (χ0) is 20.2. The van der Waals surface area contributed by atoms with E-state index in [4.69, 9.17) is 20.8 Å². The van der Waals surface area contributed by atoms with Gasteiger partial charge in [-0.15, -0.1) is 10.2 Å². The summed E-state index contributed by atoms with van der Waals surface area (Å²) in [5.41, 5.74) is 2.65. The fourth-order valence-corrected chi connectivity index (χ4v) is 3.95. The van der Waals surface area contributed by atoms with Crippen molar-refractivity contribution in [2.24, 2.45) is 0 Å². The Bertz CT molecular complexity index is 1110. The first-order chi connectivity index (χ1) is 14.2. The highest BCUT2D eigenvalue weighted by Gasteiger charge is 2.17. The van der Waals surface area contributed by atoms with Crippen LogP contribution in [0, 0.1) is 0 Å². The molecular formula is C21H19ClN4O2S. The number of methoxy groups -OCH3 is 1. The third-order valence-corrected chi connectivity index (χ3v) is 5.63. The molecule has 29 heavy (non-hydrogen) atoms. The van der Waals surface area contributed by atoms with Crippen LogP contribution in [0.25, 0.3) is 22.8 Å². The molecule has 2 heterocycles. The molecule has 0 radical (unpaired) electrons. The monoisotopic (exact) mass is 426 g/mol.